The van der Waals surface area contributed by atoms with Crippen molar-refractivity contribution in [3.8, 4) is 28.5 Å². The lowest BCUT2D eigenvalue weighted by Gasteiger charge is -2.09. The van der Waals surface area contributed by atoms with E-state index < -0.39 is 0 Å². The number of rotatable bonds is 5. The number of benzene rings is 1. The highest BCUT2D eigenvalue weighted by atomic mass is 16.5. The molecule has 4 aromatic rings. The zero-order valence-corrected chi connectivity index (χ0v) is 15.5. The lowest BCUT2D eigenvalue weighted by Crippen LogP contribution is -1.95. The van der Waals surface area contributed by atoms with Crippen molar-refractivity contribution < 1.29 is 9.26 Å². The number of methoxy groups -OCH3 is 1. The van der Waals surface area contributed by atoms with E-state index in [1.165, 1.54) is 0 Å². The quantitative estimate of drug-likeness (QED) is 0.520. The van der Waals surface area contributed by atoms with Gasteiger partial charge in [-0.15, -0.1) is 0 Å². The Hall–Kier alpha value is -3.28. The molecule has 0 spiro atoms. The van der Waals surface area contributed by atoms with Gasteiger partial charge in [0.15, 0.2) is 5.82 Å². The van der Waals surface area contributed by atoms with Crippen molar-refractivity contribution in [2.45, 2.75) is 20.3 Å². The summed E-state index contributed by atoms with van der Waals surface area (Å²) in [5, 5.41) is 5.03. The van der Waals surface area contributed by atoms with Crippen LogP contribution in [0.4, 0.5) is 0 Å². The molecular weight excluding hydrogens is 340 g/mol. The topological polar surface area (TPSA) is 73.9 Å². The molecule has 0 aliphatic carbocycles. The van der Waals surface area contributed by atoms with Gasteiger partial charge in [0.25, 0.3) is 5.89 Å². The van der Waals surface area contributed by atoms with Gasteiger partial charge in [0.1, 0.15) is 11.3 Å². The highest BCUT2D eigenvalue weighted by molar-refractivity contribution is 5.97. The molecule has 6 nitrogen and oxygen atoms in total. The summed E-state index contributed by atoms with van der Waals surface area (Å²) in [5.74, 6) is 2.43. The summed E-state index contributed by atoms with van der Waals surface area (Å²) in [5.41, 5.74) is 3.47. The molecule has 0 saturated heterocycles. The highest BCUT2D eigenvalue weighted by Crippen LogP contribution is 2.32. The van der Waals surface area contributed by atoms with Crippen LogP contribution in [-0.2, 0) is 6.42 Å². The van der Waals surface area contributed by atoms with Crippen LogP contribution in [0.1, 0.15) is 19.7 Å². The van der Waals surface area contributed by atoms with Gasteiger partial charge < -0.3 is 9.26 Å². The van der Waals surface area contributed by atoms with Crippen LogP contribution in [0.5, 0.6) is 5.75 Å². The molecule has 0 bridgehead atoms. The Labute approximate surface area is 157 Å². The summed E-state index contributed by atoms with van der Waals surface area (Å²) < 4.78 is 10.8. The minimum absolute atomic E-state index is 0.480. The number of pyridine rings is 2. The first-order valence-corrected chi connectivity index (χ1v) is 8.87. The number of hydrogen-bond acceptors (Lipinski definition) is 6. The molecule has 0 aliphatic heterocycles. The van der Waals surface area contributed by atoms with Crippen LogP contribution in [-0.4, -0.2) is 27.2 Å². The van der Waals surface area contributed by atoms with Gasteiger partial charge >= 0.3 is 0 Å². The largest absolute Gasteiger partial charge is 0.494 e. The fourth-order valence-corrected chi connectivity index (χ4v) is 3.03. The van der Waals surface area contributed by atoms with E-state index in [1.54, 1.807) is 19.5 Å². The molecule has 0 saturated carbocycles. The Balaban J connectivity index is 1.69. The standard InChI is InChI=1S/C21H20N4O2/c1-13(2)11-19-24-21(27-25-19)14-6-8-17(23-12-14)15-7-9-18(26-3)20-16(15)5-4-10-22-20/h4-10,12-13H,11H2,1-3H3. The van der Waals surface area contributed by atoms with Crippen molar-refractivity contribution in [3.63, 3.8) is 0 Å². The van der Waals surface area contributed by atoms with E-state index in [1.807, 2.05) is 36.4 Å². The second-order valence-electron chi connectivity index (χ2n) is 6.76. The normalized spacial score (nSPS) is 11.3. The molecule has 0 fully saturated rings. The zero-order chi connectivity index (χ0) is 18.8. The third-order valence-corrected chi connectivity index (χ3v) is 4.30. The van der Waals surface area contributed by atoms with Gasteiger partial charge in [0.05, 0.1) is 18.4 Å². The van der Waals surface area contributed by atoms with E-state index in [0.29, 0.717) is 11.8 Å². The molecule has 3 aromatic heterocycles. The summed E-state index contributed by atoms with van der Waals surface area (Å²) in [6, 6.07) is 11.7. The maximum Gasteiger partial charge on any atom is 0.259 e. The fraction of sp³-hybridized carbons (Fsp3) is 0.238. The summed E-state index contributed by atoms with van der Waals surface area (Å²) in [6.45, 7) is 4.25. The molecule has 0 radical (unpaired) electrons. The SMILES string of the molecule is COc1ccc(-c2ccc(-c3nc(CC(C)C)no3)cn2)c2cccnc12. The lowest BCUT2D eigenvalue weighted by molar-refractivity contribution is 0.417. The molecule has 4 rings (SSSR count). The maximum atomic E-state index is 5.41. The van der Waals surface area contributed by atoms with E-state index in [4.69, 9.17) is 9.26 Å². The van der Waals surface area contributed by atoms with Crippen molar-refractivity contribution in [2.75, 3.05) is 7.11 Å². The van der Waals surface area contributed by atoms with Crippen molar-refractivity contribution in [3.05, 3.63) is 54.6 Å². The second kappa shape index (κ2) is 7.15. The first-order valence-electron chi connectivity index (χ1n) is 8.87. The number of hydrogen-bond donors (Lipinski definition) is 0. The average Bonchev–Trinajstić information content (AvgIpc) is 3.15. The highest BCUT2D eigenvalue weighted by Gasteiger charge is 2.13. The van der Waals surface area contributed by atoms with Crippen LogP contribution < -0.4 is 4.74 Å². The second-order valence-corrected chi connectivity index (χ2v) is 6.76. The fourth-order valence-electron chi connectivity index (χ4n) is 3.03. The molecule has 6 heteroatoms. The van der Waals surface area contributed by atoms with E-state index in [9.17, 15) is 0 Å². The Morgan fingerprint density at radius 2 is 1.96 bits per heavy atom. The third kappa shape index (κ3) is 3.38. The Kier molecular flexibility index (Phi) is 4.54. The van der Waals surface area contributed by atoms with Crippen LogP contribution in [0.2, 0.25) is 0 Å². The van der Waals surface area contributed by atoms with Crippen LogP contribution in [0, 0.1) is 5.92 Å². The summed E-state index contributed by atoms with van der Waals surface area (Å²) in [7, 11) is 1.65. The van der Waals surface area contributed by atoms with Crippen LogP contribution >= 0.6 is 0 Å². The third-order valence-electron chi connectivity index (χ3n) is 4.30. The molecule has 0 N–H and O–H groups in total. The number of aromatic nitrogens is 4. The van der Waals surface area contributed by atoms with Gasteiger partial charge in [0, 0.05) is 29.8 Å². The molecule has 0 amide bonds. The molecular formula is C21H20N4O2. The smallest absolute Gasteiger partial charge is 0.259 e. The van der Waals surface area contributed by atoms with Crippen LogP contribution in [0.15, 0.2) is 53.3 Å². The van der Waals surface area contributed by atoms with Gasteiger partial charge in [-0.3, -0.25) is 9.97 Å². The van der Waals surface area contributed by atoms with E-state index >= 15 is 0 Å². The molecule has 3 heterocycles. The minimum Gasteiger partial charge on any atom is -0.494 e. The predicted octanol–water partition coefficient (Wildman–Crippen LogP) is 4.55. The first-order chi connectivity index (χ1) is 13.2. The molecule has 0 atom stereocenters. The Morgan fingerprint density at radius 3 is 2.70 bits per heavy atom. The van der Waals surface area contributed by atoms with Gasteiger partial charge in [-0.05, 0) is 36.2 Å². The lowest BCUT2D eigenvalue weighted by atomic mass is 10.0. The van der Waals surface area contributed by atoms with E-state index in [-0.39, 0.29) is 0 Å². The average molecular weight is 360 g/mol. The van der Waals surface area contributed by atoms with Gasteiger partial charge in [-0.25, -0.2) is 0 Å². The molecule has 0 unspecified atom stereocenters. The predicted molar refractivity (Wildman–Crippen MR) is 103 cm³/mol. The van der Waals surface area contributed by atoms with E-state index in [0.717, 1.165) is 45.7 Å². The number of fused-ring (bicyclic) bond motifs is 1. The van der Waals surface area contributed by atoms with Gasteiger partial charge in [-0.2, -0.15) is 4.98 Å². The first kappa shape index (κ1) is 17.1. The van der Waals surface area contributed by atoms with Crippen molar-refractivity contribution in [1.29, 1.82) is 0 Å². The summed E-state index contributed by atoms with van der Waals surface area (Å²) >= 11 is 0. The summed E-state index contributed by atoms with van der Waals surface area (Å²) in [4.78, 5) is 13.5. The van der Waals surface area contributed by atoms with Crippen molar-refractivity contribution in [2.24, 2.45) is 5.92 Å². The minimum atomic E-state index is 0.480. The maximum absolute atomic E-state index is 5.41. The molecule has 136 valence electrons. The van der Waals surface area contributed by atoms with Crippen LogP contribution in [0.25, 0.3) is 33.6 Å². The monoisotopic (exact) mass is 360 g/mol. The number of nitrogens with zero attached hydrogens (tertiary/aromatic N) is 4. The van der Waals surface area contributed by atoms with Gasteiger partial charge in [-0.1, -0.05) is 25.1 Å². The molecule has 0 aliphatic rings. The Bertz CT molecular complexity index is 1070. The van der Waals surface area contributed by atoms with E-state index in [2.05, 4.69) is 34.0 Å². The molecule has 1 aromatic carbocycles. The summed E-state index contributed by atoms with van der Waals surface area (Å²) in [6.07, 6.45) is 4.31. The van der Waals surface area contributed by atoms with Crippen molar-refractivity contribution in [1.82, 2.24) is 20.1 Å². The number of ether oxygens (including phenoxy) is 1. The van der Waals surface area contributed by atoms with Crippen molar-refractivity contribution >= 4 is 10.9 Å². The Morgan fingerprint density at radius 1 is 1.07 bits per heavy atom. The van der Waals surface area contributed by atoms with Crippen LogP contribution in [0.3, 0.4) is 0 Å². The molecule has 27 heavy (non-hydrogen) atoms. The zero-order valence-electron chi connectivity index (χ0n) is 15.5. The van der Waals surface area contributed by atoms with Gasteiger partial charge in [0.2, 0.25) is 0 Å².